The Morgan fingerprint density at radius 3 is 1.94 bits per heavy atom. The van der Waals surface area contributed by atoms with Crippen molar-refractivity contribution in [2.24, 2.45) is 5.41 Å². The molecule has 0 aliphatic heterocycles. The second-order valence-electron chi connectivity index (χ2n) is 3.71. The summed E-state index contributed by atoms with van der Waals surface area (Å²) in [6.07, 6.45) is 0. The van der Waals surface area contributed by atoms with Gasteiger partial charge in [0.05, 0.1) is 5.41 Å². The van der Waals surface area contributed by atoms with E-state index in [1.165, 1.54) is 20.8 Å². The molecule has 16 heavy (non-hydrogen) atoms. The van der Waals surface area contributed by atoms with Crippen LogP contribution in [0, 0.1) is 5.41 Å². The summed E-state index contributed by atoms with van der Waals surface area (Å²) in [7, 11) is -5.83. The monoisotopic (exact) mass is 265 g/mol. The topological polar surface area (TPSA) is 81.7 Å². The van der Waals surface area contributed by atoms with Crippen molar-refractivity contribution in [1.82, 2.24) is 5.64 Å². The predicted octanol–water partition coefficient (Wildman–Crippen LogP) is 0.862. The number of carbonyl (C=O) groups is 1. The molecule has 0 heterocycles. The molecular formula is C6H10F3NO5S. The van der Waals surface area contributed by atoms with Crippen LogP contribution in [-0.4, -0.2) is 19.9 Å². The summed E-state index contributed by atoms with van der Waals surface area (Å²) in [5.41, 5.74) is -5.62. The van der Waals surface area contributed by atoms with Crippen molar-refractivity contribution >= 4 is 16.1 Å². The van der Waals surface area contributed by atoms with Crippen LogP contribution in [0.25, 0.3) is 0 Å². The van der Waals surface area contributed by atoms with Gasteiger partial charge in [-0.3, -0.25) is 0 Å². The Morgan fingerprint density at radius 2 is 1.62 bits per heavy atom. The first-order chi connectivity index (χ1) is 6.88. The van der Waals surface area contributed by atoms with E-state index in [0.29, 0.717) is 0 Å². The van der Waals surface area contributed by atoms with E-state index in [1.807, 2.05) is 0 Å². The molecule has 0 aromatic carbocycles. The minimum Gasteiger partial charge on any atom is -0.344 e. The fourth-order valence-corrected chi connectivity index (χ4v) is 0.518. The molecule has 0 amide bonds. The largest absolute Gasteiger partial charge is 0.524 e. The molecule has 0 bridgehead atoms. The van der Waals surface area contributed by atoms with Crippen molar-refractivity contribution in [2.75, 3.05) is 0 Å². The zero-order valence-electron chi connectivity index (χ0n) is 8.58. The lowest BCUT2D eigenvalue weighted by molar-refractivity contribution is -0.182. The number of hydrogen-bond acceptors (Lipinski definition) is 6. The maximum Gasteiger partial charge on any atom is 0.524 e. The van der Waals surface area contributed by atoms with E-state index in [2.05, 4.69) is 9.12 Å². The molecule has 0 aromatic heterocycles. The average molecular weight is 265 g/mol. The molecule has 96 valence electrons. The first-order valence-electron chi connectivity index (χ1n) is 3.84. The van der Waals surface area contributed by atoms with Gasteiger partial charge in [0.25, 0.3) is 0 Å². The zero-order chi connectivity index (χ0) is 13.2. The van der Waals surface area contributed by atoms with E-state index < -0.39 is 27.0 Å². The summed E-state index contributed by atoms with van der Waals surface area (Å²) < 4.78 is 58.9. The van der Waals surface area contributed by atoms with Crippen LogP contribution in [-0.2, 0) is 24.0 Å². The second-order valence-corrected chi connectivity index (χ2v) is 5.24. The third kappa shape index (κ3) is 4.33. The van der Waals surface area contributed by atoms with E-state index in [-0.39, 0.29) is 0 Å². The Hall–Kier alpha value is -0.870. The Morgan fingerprint density at radius 1 is 1.19 bits per heavy atom. The highest BCUT2D eigenvalue weighted by Gasteiger charge is 2.48. The van der Waals surface area contributed by atoms with Gasteiger partial charge in [0.15, 0.2) is 0 Å². The number of nitrogens with one attached hydrogen (secondary N) is 1. The lowest BCUT2D eigenvalue weighted by atomic mass is 9.98. The molecule has 6 nitrogen and oxygen atoms in total. The van der Waals surface area contributed by atoms with Crippen LogP contribution in [0.4, 0.5) is 13.2 Å². The van der Waals surface area contributed by atoms with Gasteiger partial charge in [-0.2, -0.15) is 21.6 Å². The van der Waals surface area contributed by atoms with Gasteiger partial charge in [0, 0.05) is 0 Å². The number of halogens is 3. The van der Waals surface area contributed by atoms with Crippen LogP contribution in [0.15, 0.2) is 0 Å². The summed E-state index contributed by atoms with van der Waals surface area (Å²) in [5, 5.41) is 0. The summed E-state index contributed by atoms with van der Waals surface area (Å²) in [4.78, 5) is 14.9. The quantitative estimate of drug-likeness (QED) is 0.602. The second kappa shape index (κ2) is 4.55. The predicted molar refractivity (Wildman–Crippen MR) is 44.7 cm³/mol. The fraction of sp³-hybridized carbons (Fsp3) is 0.833. The molecule has 0 aromatic rings. The number of carbonyl (C=O) groups excluding carboxylic acids is 1. The van der Waals surface area contributed by atoms with Gasteiger partial charge in [-0.25, -0.2) is 4.79 Å². The third-order valence-electron chi connectivity index (χ3n) is 1.17. The minimum atomic E-state index is -5.83. The van der Waals surface area contributed by atoms with Gasteiger partial charge in [0.2, 0.25) is 0 Å². The molecular weight excluding hydrogens is 255 g/mol. The lowest BCUT2D eigenvalue weighted by Crippen LogP contribution is -2.35. The molecule has 0 aliphatic rings. The summed E-state index contributed by atoms with van der Waals surface area (Å²) in [5.74, 6) is -0.982. The summed E-state index contributed by atoms with van der Waals surface area (Å²) in [6, 6.07) is 0. The Bertz CT molecular complexity index is 355. The first-order valence-corrected chi connectivity index (χ1v) is 5.25. The highest BCUT2D eigenvalue weighted by atomic mass is 32.2. The van der Waals surface area contributed by atoms with Crippen molar-refractivity contribution in [1.29, 1.82) is 0 Å². The van der Waals surface area contributed by atoms with Crippen LogP contribution in [0.5, 0.6) is 0 Å². The fourth-order valence-electron chi connectivity index (χ4n) is 0.300. The summed E-state index contributed by atoms with van der Waals surface area (Å²) >= 11 is 0. The highest BCUT2D eigenvalue weighted by Crippen LogP contribution is 2.23. The molecule has 0 atom stereocenters. The van der Waals surface area contributed by atoms with Gasteiger partial charge in [-0.05, 0) is 26.4 Å². The molecule has 1 N–H and O–H groups in total. The van der Waals surface area contributed by atoms with E-state index in [1.54, 1.807) is 0 Å². The van der Waals surface area contributed by atoms with Crippen LogP contribution in [0.2, 0.25) is 0 Å². The Kier molecular flexibility index (Phi) is 4.31. The van der Waals surface area contributed by atoms with E-state index >= 15 is 0 Å². The smallest absolute Gasteiger partial charge is 0.344 e. The maximum atomic E-state index is 11.7. The highest BCUT2D eigenvalue weighted by molar-refractivity contribution is 7.87. The van der Waals surface area contributed by atoms with Crippen molar-refractivity contribution in [3.05, 3.63) is 0 Å². The van der Waals surface area contributed by atoms with E-state index in [9.17, 15) is 26.4 Å². The number of rotatable bonds is 3. The SMILES string of the molecule is CC(C)(C)C(=O)ONOS(=O)(=O)C(F)(F)F. The molecule has 0 spiro atoms. The number of hydrogen-bond donors (Lipinski definition) is 1. The normalized spacial score (nSPS) is 13.6. The van der Waals surface area contributed by atoms with Crippen molar-refractivity contribution < 1.29 is 35.5 Å². The zero-order valence-corrected chi connectivity index (χ0v) is 9.40. The van der Waals surface area contributed by atoms with Crippen LogP contribution in [0.3, 0.4) is 0 Å². The average Bonchev–Trinajstić information content (AvgIpc) is 1.99. The number of alkyl halides is 3. The molecule has 0 rings (SSSR count). The third-order valence-corrected chi connectivity index (χ3v) is 2.03. The molecule has 0 radical (unpaired) electrons. The summed E-state index contributed by atoms with van der Waals surface area (Å²) in [6.45, 7) is 4.24. The van der Waals surface area contributed by atoms with E-state index in [0.717, 1.165) is 5.64 Å². The van der Waals surface area contributed by atoms with Crippen LogP contribution < -0.4 is 5.64 Å². The first kappa shape index (κ1) is 15.1. The molecule has 0 unspecified atom stereocenters. The molecule has 0 saturated heterocycles. The van der Waals surface area contributed by atoms with Crippen LogP contribution >= 0.6 is 0 Å². The molecule has 0 aliphatic carbocycles. The molecule has 0 fully saturated rings. The molecule has 0 saturated carbocycles. The Labute approximate surface area is 89.7 Å². The molecule has 10 heteroatoms. The van der Waals surface area contributed by atoms with Gasteiger partial charge < -0.3 is 4.84 Å². The minimum absolute atomic E-state index is 0.981. The van der Waals surface area contributed by atoms with Gasteiger partial charge in [-0.15, -0.1) is 4.28 Å². The van der Waals surface area contributed by atoms with Crippen molar-refractivity contribution in [2.45, 2.75) is 26.3 Å². The lowest BCUT2D eigenvalue weighted by Gasteiger charge is -2.15. The van der Waals surface area contributed by atoms with Gasteiger partial charge >= 0.3 is 21.6 Å². The van der Waals surface area contributed by atoms with E-state index in [4.69, 9.17) is 0 Å². The standard InChI is InChI=1S/C6H10F3NO5S/c1-5(2,3)4(11)14-10-15-16(12,13)6(7,8)9/h10H,1-3H3. The Balaban J connectivity index is 4.27. The van der Waals surface area contributed by atoms with Crippen molar-refractivity contribution in [3.8, 4) is 0 Å². The van der Waals surface area contributed by atoms with Gasteiger partial charge in [-0.1, -0.05) is 0 Å². The maximum absolute atomic E-state index is 11.7. The van der Waals surface area contributed by atoms with Gasteiger partial charge in [0.1, 0.15) is 0 Å². The van der Waals surface area contributed by atoms with Crippen LogP contribution in [0.1, 0.15) is 20.8 Å². The van der Waals surface area contributed by atoms with Crippen molar-refractivity contribution in [3.63, 3.8) is 0 Å².